The molecule has 1 amide bonds. The second-order valence-corrected chi connectivity index (χ2v) is 10.6. The number of hydrogen-bond acceptors (Lipinski definition) is 8. The topological polar surface area (TPSA) is 101 Å². The Morgan fingerprint density at radius 1 is 1.38 bits per heavy atom. The molecule has 0 bridgehead atoms. The number of nitrogens with zero attached hydrogens (tertiary/aromatic N) is 3. The number of benzene rings is 1. The summed E-state index contributed by atoms with van der Waals surface area (Å²) in [7, 11) is -3.54. The SMILES string of the molecule is CC(C)Sc1nnc(NC(=O)C2CN(S(C)(=O)=O)c3ccccc3O2)s1. The van der Waals surface area contributed by atoms with Crippen LogP contribution in [0, 0.1) is 0 Å². The fourth-order valence-electron chi connectivity index (χ4n) is 2.35. The highest BCUT2D eigenvalue weighted by Gasteiger charge is 2.35. The summed E-state index contributed by atoms with van der Waals surface area (Å²) in [5.41, 5.74) is 0.422. The van der Waals surface area contributed by atoms with E-state index in [1.165, 1.54) is 15.6 Å². The fourth-order valence-corrected chi connectivity index (χ4v) is 5.24. The van der Waals surface area contributed by atoms with Gasteiger partial charge in [0.2, 0.25) is 15.2 Å². The van der Waals surface area contributed by atoms with Crippen LogP contribution in [0.2, 0.25) is 0 Å². The molecule has 0 fully saturated rings. The third kappa shape index (κ3) is 4.27. The monoisotopic (exact) mass is 414 g/mol. The molecule has 0 saturated carbocycles. The average Bonchev–Trinajstić information content (AvgIpc) is 2.99. The number of nitrogens with one attached hydrogen (secondary N) is 1. The zero-order chi connectivity index (χ0) is 18.9. The van der Waals surface area contributed by atoms with Crippen molar-refractivity contribution in [1.29, 1.82) is 0 Å². The Morgan fingerprint density at radius 2 is 2.12 bits per heavy atom. The first-order valence-electron chi connectivity index (χ1n) is 7.78. The van der Waals surface area contributed by atoms with Crippen LogP contribution in [0.25, 0.3) is 0 Å². The van der Waals surface area contributed by atoms with E-state index in [-0.39, 0.29) is 6.54 Å². The Hall–Kier alpha value is -1.85. The molecule has 1 N–H and O–H groups in total. The molecule has 11 heteroatoms. The Balaban J connectivity index is 1.77. The number of aromatic nitrogens is 2. The Morgan fingerprint density at radius 3 is 2.81 bits per heavy atom. The lowest BCUT2D eigenvalue weighted by molar-refractivity contribution is -0.122. The van der Waals surface area contributed by atoms with Gasteiger partial charge in [-0.3, -0.25) is 14.4 Å². The molecule has 1 aliphatic heterocycles. The minimum absolute atomic E-state index is 0.103. The largest absolute Gasteiger partial charge is 0.476 e. The second-order valence-electron chi connectivity index (χ2n) is 5.90. The molecule has 1 aromatic heterocycles. The van der Waals surface area contributed by atoms with Crippen molar-refractivity contribution in [2.75, 3.05) is 22.4 Å². The average molecular weight is 415 g/mol. The molecule has 26 heavy (non-hydrogen) atoms. The third-order valence-corrected chi connectivity index (χ3v) is 6.47. The van der Waals surface area contributed by atoms with Crippen LogP contribution >= 0.6 is 23.1 Å². The normalized spacial score (nSPS) is 16.9. The van der Waals surface area contributed by atoms with Gasteiger partial charge in [-0.1, -0.05) is 49.1 Å². The van der Waals surface area contributed by atoms with E-state index >= 15 is 0 Å². The van der Waals surface area contributed by atoms with Crippen molar-refractivity contribution in [3.05, 3.63) is 24.3 Å². The molecule has 1 aliphatic rings. The number of carbonyl (C=O) groups excluding carboxylic acids is 1. The van der Waals surface area contributed by atoms with E-state index in [4.69, 9.17) is 4.74 Å². The molecule has 1 aromatic carbocycles. The number of para-hydroxylation sites is 2. The molecular formula is C15H18N4O4S3. The zero-order valence-electron chi connectivity index (χ0n) is 14.4. The van der Waals surface area contributed by atoms with Crippen molar-refractivity contribution in [3.63, 3.8) is 0 Å². The van der Waals surface area contributed by atoms with E-state index < -0.39 is 22.0 Å². The Bertz CT molecular complexity index is 913. The number of sulfonamides is 1. The zero-order valence-corrected chi connectivity index (χ0v) is 16.8. The van der Waals surface area contributed by atoms with Gasteiger partial charge in [-0.2, -0.15) is 0 Å². The van der Waals surface area contributed by atoms with Crippen molar-refractivity contribution in [2.24, 2.45) is 0 Å². The van der Waals surface area contributed by atoms with Crippen LogP contribution in [-0.2, 0) is 14.8 Å². The molecule has 1 unspecified atom stereocenters. The molecule has 2 aromatic rings. The number of rotatable bonds is 5. The number of carbonyl (C=O) groups is 1. The van der Waals surface area contributed by atoms with E-state index in [0.717, 1.165) is 10.6 Å². The van der Waals surface area contributed by atoms with Gasteiger partial charge in [-0.25, -0.2) is 8.42 Å². The van der Waals surface area contributed by atoms with E-state index in [1.807, 2.05) is 13.8 Å². The highest BCUT2D eigenvalue weighted by Crippen LogP contribution is 2.35. The van der Waals surface area contributed by atoms with Gasteiger partial charge in [-0.15, -0.1) is 10.2 Å². The first-order valence-corrected chi connectivity index (χ1v) is 11.3. The number of ether oxygens (including phenoxy) is 1. The minimum atomic E-state index is -3.54. The predicted octanol–water partition coefficient (Wildman–Crippen LogP) is 2.20. The quantitative estimate of drug-likeness (QED) is 0.591. The van der Waals surface area contributed by atoms with Crippen LogP contribution in [0.15, 0.2) is 28.6 Å². The molecule has 0 aliphatic carbocycles. The predicted molar refractivity (Wildman–Crippen MR) is 103 cm³/mol. The van der Waals surface area contributed by atoms with Crippen LogP contribution in [0.3, 0.4) is 0 Å². The summed E-state index contributed by atoms with van der Waals surface area (Å²) in [6.45, 7) is 3.98. The Labute approximate surface area is 160 Å². The van der Waals surface area contributed by atoms with E-state index in [9.17, 15) is 13.2 Å². The molecule has 2 heterocycles. The molecular weight excluding hydrogens is 396 g/mol. The highest BCUT2D eigenvalue weighted by molar-refractivity contribution is 8.01. The van der Waals surface area contributed by atoms with E-state index in [0.29, 0.717) is 21.8 Å². The van der Waals surface area contributed by atoms with Crippen molar-refractivity contribution in [3.8, 4) is 5.75 Å². The number of hydrogen-bond donors (Lipinski definition) is 1. The lowest BCUT2D eigenvalue weighted by atomic mass is 10.2. The highest BCUT2D eigenvalue weighted by atomic mass is 32.2. The molecule has 0 spiro atoms. The number of thioether (sulfide) groups is 1. The smallest absolute Gasteiger partial charge is 0.269 e. The first-order chi connectivity index (χ1) is 12.2. The van der Waals surface area contributed by atoms with Crippen LogP contribution < -0.4 is 14.4 Å². The molecule has 140 valence electrons. The number of fused-ring (bicyclic) bond motifs is 1. The lowest BCUT2D eigenvalue weighted by Crippen LogP contribution is -2.48. The van der Waals surface area contributed by atoms with Crippen molar-refractivity contribution in [2.45, 2.75) is 29.5 Å². The number of anilines is 2. The van der Waals surface area contributed by atoms with Crippen LogP contribution in [0.1, 0.15) is 13.8 Å². The van der Waals surface area contributed by atoms with Crippen LogP contribution in [0.5, 0.6) is 5.75 Å². The maximum atomic E-state index is 12.6. The van der Waals surface area contributed by atoms with Crippen LogP contribution in [0.4, 0.5) is 10.8 Å². The minimum Gasteiger partial charge on any atom is -0.476 e. The maximum Gasteiger partial charge on any atom is 0.269 e. The number of amides is 1. The molecule has 8 nitrogen and oxygen atoms in total. The van der Waals surface area contributed by atoms with Gasteiger partial charge in [0.15, 0.2) is 10.4 Å². The maximum absolute atomic E-state index is 12.6. The van der Waals surface area contributed by atoms with Gasteiger partial charge in [0.1, 0.15) is 5.75 Å². The molecule has 1 atom stereocenters. The second kappa shape index (κ2) is 7.41. The van der Waals surface area contributed by atoms with E-state index in [2.05, 4.69) is 15.5 Å². The summed E-state index contributed by atoms with van der Waals surface area (Å²) in [5.74, 6) is -0.122. The standard InChI is InChI=1S/C15H18N4O4S3/c1-9(2)24-15-18-17-14(25-15)16-13(20)12-8-19(26(3,21)22)10-6-4-5-7-11(10)23-12/h4-7,9,12H,8H2,1-3H3,(H,16,17,20). The summed E-state index contributed by atoms with van der Waals surface area (Å²) < 4.78 is 31.8. The third-order valence-electron chi connectivity index (χ3n) is 3.40. The summed E-state index contributed by atoms with van der Waals surface area (Å²) in [4.78, 5) is 12.6. The van der Waals surface area contributed by atoms with Gasteiger partial charge >= 0.3 is 0 Å². The van der Waals surface area contributed by atoms with Gasteiger partial charge in [0.05, 0.1) is 18.5 Å². The van der Waals surface area contributed by atoms with Crippen molar-refractivity contribution >= 4 is 49.8 Å². The summed E-state index contributed by atoms with van der Waals surface area (Å²) in [5, 5.41) is 11.3. The molecule has 0 saturated heterocycles. The summed E-state index contributed by atoms with van der Waals surface area (Å²) >= 11 is 2.82. The van der Waals surface area contributed by atoms with E-state index in [1.54, 1.807) is 36.0 Å². The fraction of sp³-hybridized carbons (Fsp3) is 0.400. The Kier molecular flexibility index (Phi) is 5.39. The van der Waals surface area contributed by atoms with Gasteiger partial charge in [0, 0.05) is 5.25 Å². The first kappa shape index (κ1) is 18.9. The van der Waals surface area contributed by atoms with Crippen LogP contribution in [-0.4, -0.2) is 48.7 Å². The van der Waals surface area contributed by atoms with Crippen molar-refractivity contribution < 1.29 is 17.9 Å². The lowest BCUT2D eigenvalue weighted by Gasteiger charge is -2.33. The van der Waals surface area contributed by atoms with Gasteiger partial charge in [-0.05, 0) is 12.1 Å². The summed E-state index contributed by atoms with van der Waals surface area (Å²) in [6, 6.07) is 6.72. The molecule has 3 rings (SSSR count). The van der Waals surface area contributed by atoms with Gasteiger partial charge in [0.25, 0.3) is 5.91 Å². The molecule has 0 radical (unpaired) electrons. The van der Waals surface area contributed by atoms with Gasteiger partial charge < -0.3 is 4.74 Å². The van der Waals surface area contributed by atoms with Crippen molar-refractivity contribution in [1.82, 2.24) is 10.2 Å². The summed E-state index contributed by atoms with van der Waals surface area (Å²) in [6.07, 6.45) is 0.120.